The van der Waals surface area contributed by atoms with Crippen LogP contribution in [0.5, 0.6) is 28.7 Å². The largest absolute Gasteiger partial charge is 0.493 e. The SMILES string of the molecule is COc1ccc(C(=O)N2CCOC(CN3CCN(C(=O)c4cc(OC)c(OC)c(OC)c4)CC3)C2)cc1OC. The number of carbonyl (C=O) groups is 2. The van der Waals surface area contributed by atoms with E-state index in [0.717, 1.165) is 0 Å². The summed E-state index contributed by atoms with van der Waals surface area (Å²) >= 11 is 0. The van der Waals surface area contributed by atoms with Gasteiger partial charge in [-0.2, -0.15) is 0 Å². The van der Waals surface area contributed by atoms with E-state index in [1.807, 2.05) is 9.80 Å². The second-order valence-electron chi connectivity index (χ2n) is 9.32. The molecule has 0 aromatic heterocycles. The third-order valence-electron chi connectivity index (χ3n) is 7.09. The van der Waals surface area contributed by atoms with E-state index in [-0.39, 0.29) is 17.9 Å². The van der Waals surface area contributed by atoms with Crippen molar-refractivity contribution in [2.75, 3.05) is 88.0 Å². The summed E-state index contributed by atoms with van der Waals surface area (Å²) in [5, 5.41) is 0. The smallest absolute Gasteiger partial charge is 0.254 e. The molecule has 0 saturated carbocycles. The maximum atomic E-state index is 13.2. The average molecular weight is 544 g/mol. The molecule has 0 bridgehead atoms. The van der Waals surface area contributed by atoms with Crippen LogP contribution in [0.1, 0.15) is 20.7 Å². The Hall–Kier alpha value is -3.70. The lowest BCUT2D eigenvalue weighted by Gasteiger charge is -2.39. The number of rotatable bonds is 9. The molecule has 11 nitrogen and oxygen atoms in total. The van der Waals surface area contributed by atoms with E-state index in [0.29, 0.717) is 92.3 Å². The first-order chi connectivity index (χ1) is 18.9. The number of nitrogens with zero attached hydrogens (tertiary/aromatic N) is 3. The molecule has 0 radical (unpaired) electrons. The Labute approximate surface area is 229 Å². The predicted octanol–water partition coefficient (Wildman–Crippen LogP) is 2.03. The molecule has 0 spiro atoms. The minimum Gasteiger partial charge on any atom is -0.493 e. The van der Waals surface area contributed by atoms with E-state index in [2.05, 4.69) is 4.90 Å². The molecule has 2 aromatic rings. The molecular weight excluding hydrogens is 506 g/mol. The Bertz CT molecular complexity index is 1140. The molecule has 39 heavy (non-hydrogen) atoms. The van der Waals surface area contributed by atoms with Crippen molar-refractivity contribution in [1.82, 2.24) is 14.7 Å². The quantitative estimate of drug-likeness (QED) is 0.470. The van der Waals surface area contributed by atoms with Gasteiger partial charge in [-0.15, -0.1) is 0 Å². The van der Waals surface area contributed by atoms with E-state index in [1.165, 1.54) is 21.3 Å². The second-order valence-corrected chi connectivity index (χ2v) is 9.32. The summed E-state index contributed by atoms with van der Waals surface area (Å²) in [6.07, 6.45) is -0.111. The summed E-state index contributed by atoms with van der Waals surface area (Å²) in [4.78, 5) is 32.3. The van der Waals surface area contributed by atoms with Crippen molar-refractivity contribution in [2.24, 2.45) is 0 Å². The van der Waals surface area contributed by atoms with Gasteiger partial charge in [0.2, 0.25) is 5.75 Å². The first kappa shape index (κ1) is 28.3. The lowest BCUT2D eigenvalue weighted by Crippen LogP contribution is -2.54. The third-order valence-corrected chi connectivity index (χ3v) is 7.09. The first-order valence-electron chi connectivity index (χ1n) is 12.9. The van der Waals surface area contributed by atoms with Gasteiger partial charge >= 0.3 is 0 Å². The summed E-state index contributed by atoms with van der Waals surface area (Å²) in [7, 11) is 7.70. The van der Waals surface area contributed by atoms with Crippen molar-refractivity contribution in [3.8, 4) is 28.7 Å². The highest BCUT2D eigenvalue weighted by Crippen LogP contribution is 2.38. The molecule has 4 rings (SSSR count). The molecular formula is C28H37N3O8. The van der Waals surface area contributed by atoms with Crippen LogP contribution in [-0.2, 0) is 4.74 Å². The van der Waals surface area contributed by atoms with Crippen LogP contribution in [0, 0.1) is 0 Å². The van der Waals surface area contributed by atoms with Gasteiger partial charge in [-0.05, 0) is 30.3 Å². The normalized spacial score (nSPS) is 17.9. The number of methoxy groups -OCH3 is 5. The molecule has 1 atom stereocenters. The predicted molar refractivity (Wildman–Crippen MR) is 144 cm³/mol. The van der Waals surface area contributed by atoms with Crippen molar-refractivity contribution in [3.63, 3.8) is 0 Å². The van der Waals surface area contributed by atoms with Crippen molar-refractivity contribution in [1.29, 1.82) is 0 Å². The number of hydrogen-bond donors (Lipinski definition) is 0. The van der Waals surface area contributed by atoms with Crippen LogP contribution in [0.25, 0.3) is 0 Å². The van der Waals surface area contributed by atoms with E-state index < -0.39 is 0 Å². The van der Waals surface area contributed by atoms with Gasteiger partial charge in [-0.25, -0.2) is 0 Å². The van der Waals surface area contributed by atoms with Crippen LogP contribution < -0.4 is 23.7 Å². The number of hydrogen-bond acceptors (Lipinski definition) is 9. The average Bonchev–Trinajstić information content (AvgIpc) is 2.99. The summed E-state index contributed by atoms with van der Waals surface area (Å²) in [6.45, 7) is 4.76. The maximum Gasteiger partial charge on any atom is 0.254 e. The van der Waals surface area contributed by atoms with Crippen LogP contribution in [0.3, 0.4) is 0 Å². The zero-order chi connectivity index (χ0) is 27.9. The molecule has 1 unspecified atom stereocenters. The number of ether oxygens (including phenoxy) is 6. The van der Waals surface area contributed by atoms with E-state index in [1.54, 1.807) is 44.6 Å². The summed E-state index contributed by atoms with van der Waals surface area (Å²) < 4.78 is 32.8. The van der Waals surface area contributed by atoms with Gasteiger partial charge in [0.15, 0.2) is 23.0 Å². The highest BCUT2D eigenvalue weighted by atomic mass is 16.5. The highest BCUT2D eigenvalue weighted by Gasteiger charge is 2.30. The van der Waals surface area contributed by atoms with Gasteiger partial charge in [0.1, 0.15) is 0 Å². The van der Waals surface area contributed by atoms with Gasteiger partial charge in [0, 0.05) is 56.9 Å². The molecule has 2 fully saturated rings. The fraction of sp³-hybridized carbons (Fsp3) is 0.500. The van der Waals surface area contributed by atoms with Crippen LogP contribution in [0.4, 0.5) is 0 Å². The Morgan fingerprint density at radius 3 is 1.90 bits per heavy atom. The van der Waals surface area contributed by atoms with Crippen LogP contribution in [-0.4, -0.2) is 121 Å². The molecule has 2 amide bonds. The van der Waals surface area contributed by atoms with Crippen molar-refractivity contribution >= 4 is 11.8 Å². The monoisotopic (exact) mass is 543 g/mol. The molecule has 0 aliphatic carbocycles. The van der Waals surface area contributed by atoms with Crippen LogP contribution in [0.2, 0.25) is 0 Å². The molecule has 2 heterocycles. The molecule has 2 aromatic carbocycles. The minimum absolute atomic E-state index is 0.0648. The van der Waals surface area contributed by atoms with E-state index >= 15 is 0 Å². The van der Waals surface area contributed by atoms with E-state index in [4.69, 9.17) is 28.4 Å². The van der Waals surface area contributed by atoms with Gasteiger partial charge in [0.25, 0.3) is 11.8 Å². The fourth-order valence-corrected chi connectivity index (χ4v) is 4.97. The minimum atomic E-state index is -0.111. The van der Waals surface area contributed by atoms with Crippen molar-refractivity contribution < 1.29 is 38.0 Å². The lowest BCUT2D eigenvalue weighted by atomic mass is 10.1. The van der Waals surface area contributed by atoms with E-state index in [9.17, 15) is 9.59 Å². The Morgan fingerprint density at radius 1 is 0.718 bits per heavy atom. The number of amides is 2. The van der Waals surface area contributed by atoms with Gasteiger partial charge in [0.05, 0.1) is 48.3 Å². The fourth-order valence-electron chi connectivity index (χ4n) is 4.97. The Morgan fingerprint density at radius 2 is 1.31 bits per heavy atom. The Kier molecular flexibility index (Phi) is 9.36. The van der Waals surface area contributed by atoms with Gasteiger partial charge in [-0.1, -0.05) is 0 Å². The number of benzene rings is 2. The molecule has 2 saturated heterocycles. The topological polar surface area (TPSA) is 99.2 Å². The third kappa shape index (κ3) is 6.31. The van der Waals surface area contributed by atoms with Gasteiger partial charge in [-0.3, -0.25) is 14.5 Å². The van der Waals surface area contributed by atoms with Crippen LogP contribution in [0.15, 0.2) is 30.3 Å². The maximum absolute atomic E-state index is 13.2. The summed E-state index contributed by atoms with van der Waals surface area (Å²) in [5.41, 5.74) is 1.03. The second kappa shape index (κ2) is 12.9. The Balaban J connectivity index is 1.32. The van der Waals surface area contributed by atoms with Crippen molar-refractivity contribution in [3.05, 3.63) is 41.5 Å². The van der Waals surface area contributed by atoms with Gasteiger partial charge < -0.3 is 38.2 Å². The molecule has 212 valence electrons. The zero-order valence-electron chi connectivity index (χ0n) is 23.2. The molecule has 11 heteroatoms. The summed E-state index contributed by atoms with van der Waals surface area (Å²) in [6, 6.07) is 8.54. The molecule has 2 aliphatic rings. The van der Waals surface area contributed by atoms with Crippen LogP contribution >= 0.6 is 0 Å². The summed E-state index contributed by atoms with van der Waals surface area (Å²) in [5.74, 6) is 2.29. The first-order valence-corrected chi connectivity index (χ1v) is 12.9. The lowest BCUT2D eigenvalue weighted by molar-refractivity contribution is -0.0400. The number of piperazine rings is 1. The molecule has 0 N–H and O–H groups in total. The molecule has 2 aliphatic heterocycles. The highest BCUT2D eigenvalue weighted by molar-refractivity contribution is 5.96. The van der Waals surface area contributed by atoms with Crippen molar-refractivity contribution in [2.45, 2.75) is 6.10 Å². The number of morpholine rings is 1. The zero-order valence-corrected chi connectivity index (χ0v) is 23.2. The number of carbonyl (C=O) groups excluding carboxylic acids is 2. The standard InChI is InChI=1S/C28H37N3O8/c1-34-22-7-6-19(14-23(22)35-2)27(32)31-12-13-39-21(18-31)17-29-8-10-30(11-9-29)28(33)20-15-24(36-3)26(38-5)25(16-20)37-4/h6-7,14-16,21H,8-13,17-18H2,1-5H3.